The number of ether oxygens (including phenoxy) is 2. The second-order valence-corrected chi connectivity index (χ2v) is 8.72. The van der Waals surface area contributed by atoms with Crippen LogP contribution in [-0.4, -0.2) is 28.8 Å². The molecule has 1 amide bonds. The van der Waals surface area contributed by atoms with Crippen LogP contribution in [0.4, 0.5) is 5.69 Å². The monoisotopic (exact) mass is 519 g/mol. The van der Waals surface area contributed by atoms with Gasteiger partial charge in [-0.05, 0) is 48.5 Å². The lowest BCUT2D eigenvalue weighted by atomic mass is 10.2. The molecule has 2 aromatic carbocycles. The second kappa shape index (κ2) is 9.09. The van der Waals surface area contributed by atoms with Crippen LogP contribution in [0.15, 0.2) is 59.2 Å². The fraction of sp³-hybridized carbons (Fsp3) is 0.0952. The summed E-state index contributed by atoms with van der Waals surface area (Å²) in [7, 11) is 1.30. The molecular formula is C21H15BrClN3O4S. The van der Waals surface area contributed by atoms with Crippen molar-refractivity contribution in [2.24, 2.45) is 0 Å². The molecule has 4 aromatic rings. The molecule has 0 aliphatic rings. The first-order chi connectivity index (χ1) is 14.9. The summed E-state index contributed by atoms with van der Waals surface area (Å²) in [4.78, 5) is 24.7. The Bertz CT molecular complexity index is 1270. The van der Waals surface area contributed by atoms with Gasteiger partial charge < -0.3 is 14.8 Å². The molecule has 7 nitrogen and oxygen atoms in total. The zero-order valence-corrected chi connectivity index (χ0v) is 19.3. The highest BCUT2D eigenvalue weighted by Crippen LogP contribution is 2.37. The highest BCUT2D eigenvalue weighted by atomic mass is 79.9. The Hall–Kier alpha value is -2.88. The van der Waals surface area contributed by atoms with Gasteiger partial charge in [-0.1, -0.05) is 27.5 Å². The van der Waals surface area contributed by atoms with Gasteiger partial charge in [0.05, 0.1) is 12.1 Å². The molecule has 0 unspecified atom stereocenters. The third kappa shape index (κ3) is 4.73. The number of halogens is 2. The molecule has 4 rings (SSSR count). The van der Waals surface area contributed by atoms with E-state index < -0.39 is 5.97 Å². The number of benzene rings is 2. The van der Waals surface area contributed by atoms with Gasteiger partial charge in [0.15, 0.2) is 12.4 Å². The number of thiophene rings is 1. The maximum atomic E-state index is 12.6. The van der Waals surface area contributed by atoms with Gasteiger partial charge in [0.2, 0.25) is 0 Å². The molecule has 0 bridgehead atoms. The summed E-state index contributed by atoms with van der Waals surface area (Å²) in [6.07, 6.45) is 1.67. The van der Waals surface area contributed by atoms with E-state index in [1.807, 2.05) is 24.3 Å². The number of amides is 1. The normalized spacial score (nSPS) is 10.8. The largest absolute Gasteiger partial charge is 0.471 e. The summed E-state index contributed by atoms with van der Waals surface area (Å²) in [6, 6.07) is 14.3. The van der Waals surface area contributed by atoms with Gasteiger partial charge >= 0.3 is 5.97 Å². The van der Waals surface area contributed by atoms with E-state index in [4.69, 9.17) is 21.1 Å². The van der Waals surface area contributed by atoms with Crippen LogP contribution in [0.25, 0.3) is 10.1 Å². The zero-order valence-electron chi connectivity index (χ0n) is 16.1. The number of carbonyl (C=O) groups is 2. The number of aromatic nitrogens is 2. The number of nitrogens with one attached hydrogen (secondary N) is 1. The van der Waals surface area contributed by atoms with E-state index in [2.05, 4.69) is 26.3 Å². The predicted molar refractivity (Wildman–Crippen MR) is 123 cm³/mol. The minimum Gasteiger partial charge on any atom is -0.471 e. The lowest BCUT2D eigenvalue weighted by Crippen LogP contribution is -2.14. The summed E-state index contributed by atoms with van der Waals surface area (Å²) < 4.78 is 13.6. The van der Waals surface area contributed by atoms with Gasteiger partial charge in [0.25, 0.3) is 5.91 Å². The van der Waals surface area contributed by atoms with Crippen LogP contribution in [0.5, 0.6) is 5.75 Å². The molecule has 31 heavy (non-hydrogen) atoms. The number of rotatable bonds is 6. The van der Waals surface area contributed by atoms with Crippen LogP contribution in [0.1, 0.15) is 20.2 Å². The summed E-state index contributed by atoms with van der Waals surface area (Å²) in [5.41, 5.74) is 0.812. The van der Waals surface area contributed by atoms with Gasteiger partial charge in [-0.15, -0.1) is 11.3 Å². The number of fused-ring (bicyclic) bond motifs is 1. The number of carbonyl (C=O) groups excluding carboxylic acids is 2. The molecule has 0 saturated heterocycles. The Morgan fingerprint density at radius 3 is 2.71 bits per heavy atom. The molecule has 10 heteroatoms. The number of methoxy groups -OCH3 is 1. The third-order valence-corrected chi connectivity index (χ3v) is 6.47. The van der Waals surface area contributed by atoms with Crippen LogP contribution in [-0.2, 0) is 11.5 Å². The van der Waals surface area contributed by atoms with E-state index in [1.54, 1.807) is 30.5 Å². The minimum atomic E-state index is -0.493. The van der Waals surface area contributed by atoms with Crippen molar-refractivity contribution in [1.82, 2.24) is 9.78 Å². The molecule has 0 fully saturated rings. The average Bonchev–Trinajstić information content (AvgIpc) is 3.37. The van der Waals surface area contributed by atoms with Crippen molar-refractivity contribution in [3.8, 4) is 5.75 Å². The summed E-state index contributed by atoms with van der Waals surface area (Å²) in [5.74, 6) is -0.163. The third-order valence-electron chi connectivity index (χ3n) is 4.31. The smallest absolute Gasteiger partial charge is 0.349 e. The molecule has 0 saturated carbocycles. The standard InChI is InChI=1S/C21H15BrClN3O4S/c1-29-21(28)19-18(23)15-7-4-13(10-17(15)31-19)24-20(27)16-8-9-26(25-16)11-30-14-5-2-12(22)3-6-14/h2-10H,11H2,1H3,(H,24,27). The topological polar surface area (TPSA) is 82.5 Å². The maximum absolute atomic E-state index is 12.6. The molecule has 2 heterocycles. The fourth-order valence-electron chi connectivity index (χ4n) is 2.79. The molecule has 0 aliphatic carbocycles. The van der Waals surface area contributed by atoms with Crippen molar-refractivity contribution in [2.45, 2.75) is 6.73 Å². The molecule has 1 N–H and O–H groups in total. The van der Waals surface area contributed by atoms with Crippen molar-refractivity contribution >= 4 is 66.5 Å². The van der Waals surface area contributed by atoms with Crippen molar-refractivity contribution in [3.63, 3.8) is 0 Å². The molecule has 0 aliphatic heterocycles. The number of hydrogen-bond donors (Lipinski definition) is 1. The Morgan fingerprint density at radius 2 is 1.97 bits per heavy atom. The van der Waals surface area contributed by atoms with E-state index in [0.29, 0.717) is 21.3 Å². The molecule has 0 atom stereocenters. The number of nitrogens with zero attached hydrogens (tertiary/aromatic N) is 2. The average molecular weight is 521 g/mol. The van der Waals surface area contributed by atoms with Gasteiger partial charge in [0.1, 0.15) is 10.6 Å². The zero-order chi connectivity index (χ0) is 22.0. The Kier molecular flexibility index (Phi) is 6.26. The van der Waals surface area contributed by atoms with Crippen molar-refractivity contribution in [1.29, 1.82) is 0 Å². The minimum absolute atomic E-state index is 0.171. The number of hydrogen-bond acceptors (Lipinski definition) is 6. The van der Waals surface area contributed by atoms with Gasteiger partial charge in [-0.2, -0.15) is 5.10 Å². The van der Waals surface area contributed by atoms with Gasteiger partial charge in [0, 0.05) is 26.4 Å². The van der Waals surface area contributed by atoms with Crippen LogP contribution in [0.3, 0.4) is 0 Å². The molecule has 2 aromatic heterocycles. The van der Waals surface area contributed by atoms with E-state index in [0.717, 1.165) is 14.6 Å². The number of anilines is 1. The van der Waals surface area contributed by atoms with Gasteiger partial charge in [-0.25, -0.2) is 9.48 Å². The highest BCUT2D eigenvalue weighted by molar-refractivity contribution is 9.10. The van der Waals surface area contributed by atoms with Crippen molar-refractivity contribution < 1.29 is 19.1 Å². The van der Waals surface area contributed by atoms with Crippen molar-refractivity contribution in [2.75, 3.05) is 12.4 Å². The Balaban J connectivity index is 1.44. The molecule has 158 valence electrons. The first-order valence-corrected chi connectivity index (χ1v) is 11.0. The van der Waals surface area contributed by atoms with Gasteiger partial charge in [-0.3, -0.25) is 4.79 Å². The second-order valence-electron chi connectivity index (χ2n) is 6.37. The molecular weight excluding hydrogens is 506 g/mol. The van der Waals surface area contributed by atoms with E-state index in [1.165, 1.54) is 23.1 Å². The molecule has 0 spiro atoms. The summed E-state index contributed by atoms with van der Waals surface area (Å²) in [5, 5.41) is 8.11. The highest BCUT2D eigenvalue weighted by Gasteiger charge is 2.18. The van der Waals surface area contributed by atoms with E-state index in [9.17, 15) is 9.59 Å². The van der Waals surface area contributed by atoms with Crippen LogP contribution in [0, 0.1) is 0 Å². The first kappa shape index (κ1) is 21.4. The fourth-order valence-corrected chi connectivity index (χ4v) is 4.52. The number of esters is 1. The maximum Gasteiger partial charge on any atom is 0.349 e. The Morgan fingerprint density at radius 1 is 1.19 bits per heavy atom. The van der Waals surface area contributed by atoms with E-state index in [-0.39, 0.29) is 18.3 Å². The van der Waals surface area contributed by atoms with Crippen molar-refractivity contribution in [3.05, 3.63) is 74.8 Å². The summed E-state index contributed by atoms with van der Waals surface area (Å²) in [6.45, 7) is 0.171. The van der Waals surface area contributed by atoms with Crippen LogP contribution < -0.4 is 10.1 Å². The van der Waals surface area contributed by atoms with Crippen LogP contribution >= 0.6 is 38.9 Å². The van der Waals surface area contributed by atoms with Crippen LogP contribution in [0.2, 0.25) is 5.02 Å². The summed E-state index contributed by atoms with van der Waals surface area (Å²) >= 11 is 10.8. The lowest BCUT2D eigenvalue weighted by Gasteiger charge is -2.06. The quantitative estimate of drug-likeness (QED) is 0.335. The predicted octanol–water partition coefficient (Wildman–Crippen LogP) is 5.59. The lowest BCUT2D eigenvalue weighted by molar-refractivity contribution is 0.0606. The molecule has 0 radical (unpaired) electrons. The Labute approximate surface area is 194 Å². The SMILES string of the molecule is COC(=O)c1sc2cc(NC(=O)c3ccn(COc4ccc(Br)cc4)n3)ccc2c1Cl. The first-order valence-electron chi connectivity index (χ1n) is 8.98. The van der Waals surface area contributed by atoms with E-state index >= 15 is 0 Å².